The second-order valence-electron chi connectivity index (χ2n) is 6.08. The van der Waals surface area contributed by atoms with Gasteiger partial charge in [0.2, 0.25) is 0 Å². The summed E-state index contributed by atoms with van der Waals surface area (Å²) in [6.45, 7) is 0.662. The zero-order valence-corrected chi connectivity index (χ0v) is 11.8. The van der Waals surface area contributed by atoms with Crippen LogP contribution in [0.2, 0.25) is 0 Å². The molecule has 3 nitrogen and oxygen atoms in total. The van der Waals surface area contributed by atoms with Crippen LogP contribution >= 0.6 is 0 Å². The highest BCUT2D eigenvalue weighted by atomic mass is 16.5. The highest BCUT2D eigenvalue weighted by Crippen LogP contribution is 2.28. The van der Waals surface area contributed by atoms with Crippen LogP contribution in [-0.4, -0.2) is 17.2 Å². The highest BCUT2D eigenvalue weighted by Gasteiger charge is 2.26. The highest BCUT2D eigenvalue weighted by molar-refractivity contribution is 5.70. The van der Waals surface area contributed by atoms with E-state index >= 15 is 0 Å². The SMILES string of the molecule is O=C(O)C1CCC(OCc2ccc3c(c2)CCC3)CC1. The third kappa shape index (κ3) is 3.04. The molecule has 20 heavy (non-hydrogen) atoms. The van der Waals surface area contributed by atoms with Crippen molar-refractivity contribution in [3.8, 4) is 0 Å². The largest absolute Gasteiger partial charge is 0.481 e. The van der Waals surface area contributed by atoms with E-state index in [2.05, 4.69) is 18.2 Å². The minimum Gasteiger partial charge on any atom is -0.481 e. The van der Waals surface area contributed by atoms with E-state index in [1.807, 2.05) is 0 Å². The predicted octanol–water partition coefficient (Wildman–Crippen LogP) is 3.34. The molecule has 0 atom stereocenters. The number of benzene rings is 1. The molecule has 0 spiro atoms. The summed E-state index contributed by atoms with van der Waals surface area (Å²) >= 11 is 0. The molecule has 1 fully saturated rings. The van der Waals surface area contributed by atoms with E-state index in [1.165, 1.54) is 36.0 Å². The van der Waals surface area contributed by atoms with Crippen molar-refractivity contribution in [3.63, 3.8) is 0 Å². The van der Waals surface area contributed by atoms with Gasteiger partial charge in [-0.15, -0.1) is 0 Å². The molecule has 3 rings (SSSR count). The molecule has 3 heteroatoms. The lowest BCUT2D eigenvalue weighted by Gasteiger charge is -2.26. The van der Waals surface area contributed by atoms with E-state index in [0.29, 0.717) is 6.61 Å². The van der Waals surface area contributed by atoms with E-state index < -0.39 is 5.97 Å². The van der Waals surface area contributed by atoms with Crippen LogP contribution in [0.5, 0.6) is 0 Å². The Hall–Kier alpha value is -1.35. The van der Waals surface area contributed by atoms with Crippen molar-refractivity contribution >= 4 is 5.97 Å². The van der Waals surface area contributed by atoms with Gasteiger partial charge in [-0.1, -0.05) is 18.2 Å². The second kappa shape index (κ2) is 5.96. The van der Waals surface area contributed by atoms with E-state index in [-0.39, 0.29) is 12.0 Å². The van der Waals surface area contributed by atoms with Gasteiger partial charge < -0.3 is 9.84 Å². The number of aryl methyl sites for hydroxylation is 2. The number of aliphatic carboxylic acids is 1. The zero-order valence-electron chi connectivity index (χ0n) is 11.8. The molecule has 1 N–H and O–H groups in total. The molecular formula is C17H22O3. The standard InChI is InChI=1S/C17H22O3/c18-17(19)14-6-8-16(9-7-14)20-11-12-4-5-13-2-1-3-15(13)10-12/h4-5,10,14,16H,1-3,6-9,11H2,(H,18,19). The number of carboxylic acids is 1. The Kier molecular flexibility index (Phi) is 4.06. The molecule has 0 bridgehead atoms. The van der Waals surface area contributed by atoms with Gasteiger partial charge in [0.15, 0.2) is 0 Å². The van der Waals surface area contributed by atoms with Crippen LogP contribution in [0.25, 0.3) is 0 Å². The van der Waals surface area contributed by atoms with Gasteiger partial charge in [0.1, 0.15) is 0 Å². The lowest BCUT2D eigenvalue weighted by molar-refractivity contribution is -0.143. The number of rotatable bonds is 4. The van der Waals surface area contributed by atoms with Crippen molar-refractivity contribution in [3.05, 3.63) is 34.9 Å². The lowest BCUT2D eigenvalue weighted by atomic mass is 9.87. The first kappa shape index (κ1) is 13.6. The molecule has 0 heterocycles. The fourth-order valence-electron chi connectivity index (χ4n) is 3.41. The summed E-state index contributed by atoms with van der Waals surface area (Å²) in [6, 6.07) is 6.70. The topological polar surface area (TPSA) is 46.5 Å². The molecule has 0 radical (unpaired) electrons. The van der Waals surface area contributed by atoms with E-state index in [9.17, 15) is 4.79 Å². The first-order valence-corrected chi connectivity index (χ1v) is 7.67. The molecule has 0 saturated heterocycles. The van der Waals surface area contributed by atoms with Crippen molar-refractivity contribution < 1.29 is 14.6 Å². The lowest BCUT2D eigenvalue weighted by Crippen LogP contribution is -2.25. The molecule has 0 aromatic heterocycles. The minimum absolute atomic E-state index is 0.158. The first-order chi connectivity index (χ1) is 9.72. The molecule has 108 valence electrons. The van der Waals surface area contributed by atoms with Crippen LogP contribution in [0.4, 0.5) is 0 Å². The van der Waals surface area contributed by atoms with Gasteiger partial charge in [-0.2, -0.15) is 0 Å². The van der Waals surface area contributed by atoms with Crippen LogP contribution in [0.15, 0.2) is 18.2 Å². The normalized spacial score (nSPS) is 25.4. The Morgan fingerprint density at radius 1 is 1.15 bits per heavy atom. The van der Waals surface area contributed by atoms with Gasteiger partial charge in [0.05, 0.1) is 18.6 Å². The molecule has 1 saturated carbocycles. The number of carboxylic acid groups (broad SMARTS) is 1. The van der Waals surface area contributed by atoms with Gasteiger partial charge in [-0.25, -0.2) is 0 Å². The zero-order chi connectivity index (χ0) is 13.9. The molecule has 0 amide bonds. The summed E-state index contributed by atoms with van der Waals surface area (Å²) in [6.07, 6.45) is 7.19. The van der Waals surface area contributed by atoms with Gasteiger partial charge in [-0.05, 0) is 61.6 Å². The smallest absolute Gasteiger partial charge is 0.306 e. The predicted molar refractivity (Wildman–Crippen MR) is 76.6 cm³/mol. The van der Waals surface area contributed by atoms with Crippen molar-refractivity contribution in [1.82, 2.24) is 0 Å². The Morgan fingerprint density at radius 2 is 1.90 bits per heavy atom. The first-order valence-electron chi connectivity index (χ1n) is 7.67. The van der Waals surface area contributed by atoms with Gasteiger partial charge >= 0.3 is 5.97 Å². The second-order valence-corrected chi connectivity index (χ2v) is 6.08. The molecule has 0 unspecified atom stereocenters. The van der Waals surface area contributed by atoms with Crippen molar-refractivity contribution in [1.29, 1.82) is 0 Å². The summed E-state index contributed by atoms with van der Waals surface area (Å²) in [5, 5.41) is 8.98. The summed E-state index contributed by atoms with van der Waals surface area (Å²) in [7, 11) is 0. The number of ether oxygens (including phenoxy) is 1. The minimum atomic E-state index is -0.651. The van der Waals surface area contributed by atoms with Crippen LogP contribution in [0.1, 0.15) is 48.8 Å². The quantitative estimate of drug-likeness (QED) is 0.916. The van der Waals surface area contributed by atoms with Crippen LogP contribution in [0.3, 0.4) is 0 Å². The van der Waals surface area contributed by atoms with Crippen LogP contribution in [0, 0.1) is 5.92 Å². The fraction of sp³-hybridized carbons (Fsp3) is 0.588. The number of hydrogen-bond donors (Lipinski definition) is 1. The van der Waals surface area contributed by atoms with Gasteiger partial charge in [0.25, 0.3) is 0 Å². The maximum absolute atomic E-state index is 10.9. The Labute approximate surface area is 120 Å². The van der Waals surface area contributed by atoms with Crippen molar-refractivity contribution in [2.24, 2.45) is 5.92 Å². The molecule has 2 aliphatic rings. The summed E-state index contributed by atoms with van der Waals surface area (Å²) in [5.41, 5.74) is 4.24. The molecular weight excluding hydrogens is 252 g/mol. The number of fused-ring (bicyclic) bond motifs is 1. The maximum Gasteiger partial charge on any atom is 0.306 e. The number of carbonyl (C=O) groups is 1. The average Bonchev–Trinajstić information content (AvgIpc) is 2.93. The Bertz CT molecular complexity index is 487. The average molecular weight is 274 g/mol. The Balaban J connectivity index is 1.49. The number of hydrogen-bond acceptors (Lipinski definition) is 2. The fourth-order valence-corrected chi connectivity index (χ4v) is 3.41. The molecule has 1 aromatic rings. The summed E-state index contributed by atoms with van der Waals surface area (Å²) in [5.74, 6) is -0.808. The monoisotopic (exact) mass is 274 g/mol. The molecule has 2 aliphatic carbocycles. The van der Waals surface area contributed by atoms with Gasteiger partial charge in [0, 0.05) is 0 Å². The summed E-state index contributed by atoms with van der Waals surface area (Å²) in [4.78, 5) is 10.9. The molecule has 0 aliphatic heterocycles. The Morgan fingerprint density at radius 3 is 2.65 bits per heavy atom. The molecule has 1 aromatic carbocycles. The van der Waals surface area contributed by atoms with Gasteiger partial charge in [-0.3, -0.25) is 4.79 Å². The maximum atomic E-state index is 10.9. The van der Waals surface area contributed by atoms with Crippen LogP contribution in [-0.2, 0) is 29.0 Å². The van der Waals surface area contributed by atoms with E-state index in [1.54, 1.807) is 0 Å². The third-order valence-electron chi connectivity index (χ3n) is 4.67. The van der Waals surface area contributed by atoms with Crippen molar-refractivity contribution in [2.75, 3.05) is 0 Å². The van der Waals surface area contributed by atoms with E-state index in [0.717, 1.165) is 25.7 Å². The van der Waals surface area contributed by atoms with Crippen molar-refractivity contribution in [2.45, 2.75) is 57.7 Å². The van der Waals surface area contributed by atoms with E-state index in [4.69, 9.17) is 9.84 Å². The third-order valence-corrected chi connectivity index (χ3v) is 4.67. The van der Waals surface area contributed by atoms with Crippen LogP contribution < -0.4 is 0 Å². The summed E-state index contributed by atoms with van der Waals surface area (Å²) < 4.78 is 5.96.